The average molecular weight is 418 g/mol. The zero-order valence-corrected chi connectivity index (χ0v) is 19.0. The Morgan fingerprint density at radius 1 is 1.13 bits per heavy atom. The van der Waals surface area contributed by atoms with Crippen molar-refractivity contribution >= 4 is 17.9 Å². The number of carbonyl (C=O) groups is 3. The number of benzene rings is 1. The summed E-state index contributed by atoms with van der Waals surface area (Å²) in [5, 5.41) is 5.46. The summed E-state index contributed by atoms with van der Waals surface area (Å²) in [7, 11) is 0. The van der Waals surface area contributed by atoms with Crippen molar-refractivity contribution in [3.63, 3.8) is 0 Å². The summed E-state index contributed by atoms with van der Waals surface area (Å²) < 4.78 is 5.21. The summed E-state index contributed by atoms with van der Waals surface area (Å²) in [6.07, 6.45) is 1.93. The average Bonchev–Trinajstić information content (AvgIpc) is 3.47. The van der Waals surface area contributed by atoms with Gasteiger partial charge in [0.25, 0.3) is 0 Å². The molecule has 1 atom stereocenters. The molecule has 166 valence electrons. The number of amides is 3. The first-order valence-electron chi connectivity index (χ1n) is 10.7. The Morgan fingerprint density at radius 3 is 2.20 bits per heavy atom. The van der Waals surface area contributed by atoms with Gasteiger partial charge in [0, 0.05) is 12.1 Å². The Hall–Kier alpha value is -2.57. The van der Waals surface area contributed by atoms with Crippen LogP contribution in [0.5, 0.6) is 0 Å². The monoisotopic (exact) mass is 417 g/mol. The minimum Gasteiger partial charge on any atom is -0.444 e. The molecule has 0 aromatic heterocycles. The number of carbonyl (C=O) groups excluding carboxylic acids is 3. The standard InChI is InChI=1S/C23H35N3O4/c1-7-16-8-10-17(11-9-16)20(21(28)25-15(2)3)26(18-12-13-18)19(27)14-24-22(29)30-23(4,5)6/h8-11,15,18,20H,7,12-14H2,1-6H3,(H,24,29)(H,25,28). The van der Waals surface area contributed by atoms with Crippen molar-refractivity contribution in [2.75, 3.05) is 6.54 Å². The normalized spacial score (nSPS) is 14.8. The van der Waals surface area contributed by atoms with Crippen LogP contribution in [0.3, 0.4) is 0 Å². The van der Waals surface area contributed by atoms with Crippen LogP contribution in [0.4, 0.5) is 4.79 Å². The summed E-state index contributed by atoms with van der Waals surface area (Å²) in [6, 6.07) is 7.00. The lowest BCUT2D eigenvalue weighted by atomic mass is 10.0. The van der Waals surface area contributed by atoms with Crippen molar-refractivity contribution in [2.45, 2.75) is 84.5 Å². The second-order valence-electron chi connectivity index (χ2n) is 9.05. The Morgan fingerprint density at radius 2 is 1.73 bits per heavy atom. The van der Waals surface area contributed by atoms with Crippen LogP contribution in [0, 0.1) is 0 Å². The molecule has 7 heteroatoms. The number of nitrogens with zero attached hydrogens (tertiary/aromatic N) is 1. The van der Waals surface area contributed by atoms with E-state index in [9.17, 15) is 14.4 Å². The molecule has 2 N–H and O–H groups in total. The van der Waals surface area contributed by atoms with Gasteiger partial charge in [-0.15, -0.1) is 0 Å². The minimum atomic E-state index is -0.737. The molecule has 0 bridgehead atoms. The number of hydrogen-bond acceptors (Lipinski definition) is 4. The molecule has 1 aromatic rings. The van der Waals surface area contributed by atoms with Gasteiger partial charge >= 0.3 is 6.09 Å². The number of aryl methyl sites for hydroxylation is 1. The Bertz CT molecular complexity index is 749. The SMILES string of the molecule is CCc1ccc(C(C(=O)NC(C)C)N(C(=O)CNC(=O)OC(C)(C)C)C2CC2)cc1. The number of hydrogen-bond donors (Lipinski definition) is 2. The van der Waals surface area contributed by atoms with E-state index in [1.807, 2.05) is 38.1 Å². The number of nitrogens with one attached hydrogen (secondary N) is 2. The fourth-order valence-electron chi connectivity index (χ4n) is 3.20. The van der Waals surface area contributed by atoms with Crippen molar-refractivity contribution in [2.24, 2.45) is 0 Å². The summed E-state index contributed by atoms with van der Waals surface area (Å²) in [4.78, 5) is 39.8. The third-order valence-electron chi connectivity index (χ3n) is 4.67. The topological polar surface area (TPSA) is 87.7 Å². The maximum Gasteiger partial charge on any atom is 0.408 e. The zero-order valence-electron chi connectivity index (χ0n) is 19.0. The van der Waals surface area contributed by atoms with E-state index in [0.717, 1.165) is 30.4 Å². The maximum absolute atomic E-state index is 13.1. The van der Waals surface area contributed by atoms with Crippen LogP contribution in [0.25, 0.3) is 0 Å². The third-order valence-corrected chi connectivity index (χ3v) is 4.67. The van der Waals surface area contributed by atoms with E-state index in [1.54, 1.807) is 25.7 Å². The van der Waals surface area contributed by atoms with Crippen LogP contribution in [0.1, 0.15) is 71.6 Å². The molecule has 30 heavy (non-hydrogen) atoms. The quantitative estimate of drug-likeness (QED) is 0.679. The molecule has 0 saturated heterocycles. The van der Waals surface area contributed by atoms with Crippen molar-refractivity contribution in [3.8, 4) is 0 Å². The molecule has 0 spiro atoms. The molecule has 1 aliphatic carbocycles. The van der Waals surface area contributed by atoms with Gasteiger partial charge in [0.15, 0.2) is 0 Å². The lowest BCUT2D eigenvalue weighted by Crippen LogP contribution is -2.49. The molecule has 1 unspecified atom stereocenters. The molecule has 1 fully saturated rings. The third kappa shape index (κ3) is 7.04. The van der Waals surface area contributed by atoms with Crippen LogP contribution in [-0.2, 0) is 20.7 Å². The highest BCUT2D eigenvalue weighted by Gasteiger charge is 2.41. The first-order chi connectivity index (χ1) is 14.0. The van der Waals surface area contributed by atoms with Crippen molar-refractivity contribution < 1.29 is 19.1 Å². The highest BCUT2D eigenvalue weighted by molar-refractivity contribution is 5.91. The largest absolute Gasteiger partial charge is 0.444 e. The van der Waals surface area contributed by atoms with Gasteiger partial charge in [-0.3, -0.25) is 9.59 Å². The van der Waals surface area contributed by atoms with Crippen LogP contribution in [-0.4, -0.2) is 47.0 Å². The zero-order chi connectivity index (χ0) is 22.5. The summed E-state index contributed by atoms with van der Waals surface area (Å²) in [5.74, 6) is -0.515. The van der Waals surface area contributed by atoms with E-state index in [1.165, 1.54) is 0 Å². The van der Waals surface area contributed by atoms with E-state index in [-0.39, 0.29) is 30.4 Å². The summed E-state index contributed by atoms with van der Waals surface area (Å²) >= 11 is 0. The Labute approximate surface area is 179 Å². The molecular formula is C23H35N3O4. The second kappa shape index (κ2) is 9.96. The van der Waals surface area contributed by atoms with Gasteiger partial charge in [0.05, 0.1) is 0 Å². The number of rotatable bonds is 8. The Kier molecular flexibility index (Phi) is 7.87. The fourth-order valence-corrected chi connectivity index (χ4v) is 3.20. The van der Waals surface area contributed by atoms with Crippen LogP contribution in [0.2, 0.25) is 0 Å². The first-order valence-corrected chi connectivity index (χ1v) is 10.7. The predicted octanol–water partition coefficient (Wildman–Crippen LogP) is 3.33. The molecule has 7 nitrogen and oxygen atoms in total. The van der Waals surface area contributed by atoms with Gasteiger partial charge in [-0.25, -0.2) is 4.79 Å². The molecule has 0 heterocycles. The molecule has 1 aromatic carbocycles. The van der Waals surface area contributed by atoms with Gasteiger partial charge in [0.1, 0.15) is 18.2 Å². The van der Waals surface area contributed by atoms with Crippen molar-refractivity contribution in [1.82, 2.24) is 15.5 Å². The lowest BCUT2D eigenvalue weighted by molar-refractivity contribution is -0.141. The van der Waals surface area contributed by atoms with E-state index < -0.39 is 17.7 Å². The van der Waals surface area contributed by atoms with Crippen LogP contribution >= 0.6 is 0 Å². The first kappa shape index (κ1) is 23.7. The highest BCUT2D eigenvalue weighted by Crippen LogP contribution is 2.35. The number of alkyl carbamates (subject to hydrolysis) is 1. The van der Waals surface area contributed by atoms with Gasteiger partial charge in [-0.05, 0) is 65.0 Å². The Balaban J connectivity index is 2.23. The molecular weight excluding hydrogens is 382 g/mol. The smallest absolute Gasteiger partial charge is 0.408 e. The minimum absolute atomic E-state index is 0.00768. The molecule has 0 radical (unpaired) electrons. The van der Waals surface area contributed by atoms with Crippen molar-refractivity contribution in [1.29, 1.82) is 0 Å². The highest BCUT2D eigenvalue weighted by atomic mass is 16.6. The van der Waals surface area contributed by atoms with Crippen LogP contribution in [0.15, 0.2) is 24.3 Å². The molecule has 3 amide bonds. The lowest BCUT2D eigenvalue weighted by Gasteiger charge is -2.32. The predicted molar refractivity (Wildman–Crippen MR) is 116 cm³/mol. The molecule has 1 saturated carbocycles. The maximum atomic E-state index is 13.1. The fraction of sp³-hybridized carbons (Fsp3) is 0.609. The number of ether oxygens (including phenoxy) is 1. The molecule has 1 aliphatic rings. The molecule has 2 rings (SSSR count). The van der Waals surface area contributed by atoms with E-state index in [4.69, 9.17) is 4.74 Å². The van der Waals surface area contributed by atoms with Crippen molar-refractivity contribution in [3.05, 3.63) is 35.4 Å². The van der Waals surface area contributed by atoms with Gasteiger partial charge in [-0.2, -0.15) is 0 Å². The van der Waals surface area contributed by atoms with E-state index >= 15 is 0 Å². The van der Waals surface area contributed by atoms with Gasteiger partial charge in [0.2, 0.25) is 11.8 Å². The van der Waals surface area contributed by atoms with Crippen LogP contribution < -0.4 is 10.6 Å². The molecule has 0 aliphatic heterocycles. The van der Waals surface area contributed by atoms with Gasteiger partial charge in [-0.1, -0.05) is 31.2 Å². The van der Waals surface area contributed by atoms with E-state index in [0.29, 0.717) is 0 Å². The summed E-state index contributed by atoms with van der Waals surface area (Å²) in [5.41, 5.74) is 1.28. The second-order valence-corrected chi connectivity index (χ2v) is 9.05. The summed E-state index contributed by atoms with van der Waals surface area (Å²) in [6.45, 7) is 10.9. The van der Waals surface area contributed by atoms with E-state index in [2.05, 4.69) is 17.6 Å². The van der Waals surface area contributed by atoms with Gasteiger partial charge < -0.3 is 20.3 Å².